The molecule has 2 atom stereocenters. The van der Waals surface area contributed by atoms with E-state index >= 15 is 0 Å². The van der Waals surface area contributed by atoms with Gasteiger partial charge in [-0.25, -0.2) is 4.98 Å². The van der Waals surface area contributed by atoms with Gasteiger partial charge in [-0.05, 0) is 32.6 Å². The summed E-state index contributed by atoms with van der Waals surface area (Å²) in [5.74, 6) is -1.76. The van der Waals surface area contributed by atoms with E-state index in [1.165, 1.54) is 27.0 Å². The van der Waals surface area contributed by atoms with Gasteiger partial charge in [-0.1, -0.05) is 6.42 Å². The highest BCUT2D eigenvalue weighted by Crippen LogP contribution is 2.29. The highest BCUT2D eigenvalue weighted by Gasteiger charge is 2.42. The SMILES string of the molecule is C[C@H]1CO[C@@H]2Cn3cc(C(=O)NCc4nc5c(s4)CCCCC5)c(=O)c(O)c3C(=O)N12. The molecular weight excluding hydrogens is 420 g/mol. The molecule has 0 bridgehead atoms. The summed E-state index contributed by atoms with van der Waals surface area (Å²) >= 11 is 1.60. The van der Waals surface area contributed by atoms with Gasteiger partial charge in [-0.3, -0.25) is 14.4 Å². The van der Waals surface area contributed by atoms with Crippen LogP contribution in [0.2, 0.25) is 0 Å². The fourth-order valence-electron chi connectivity index (χ4n) is 4.55. The highest BCUT2D eigenvalue weighted by molar-refractivity contribution is 7.11. The quantitative estimate of drug-likeness (QED) is 0.692. The number of carbonyl (C=O) groups excluding carboxylic acids is 2. The summed E-state index contributed by atoms with van der Waals surface area (Å²) < 4.78 is 7.08. The molecule has 2 aromatic heterocycles. The van der Waals surface area contributed by atoms with E-state index in [0.717, 1.165) is 36.4 Å². The lowest BCUT2D eigenvalue weighted by Gasteiger charge is -2.33. The lowest BCUT2D eigenvalue weighted by Crippen LogP contribution is -2.49. The fraction of sp³-hybridized carbons (Fsp3) is 0.524. The second-order valence-electron chi connectivity index (χ2n) is 8.29. The third-order valence-corrected chi connectivity index (χ3v) is 7.30. The minimum atomic E-state index is -0.849. The van der Waals surface area contributed by atoms with Gasteiger partial charge in [0.2, 0.25) is 5.43 Å². The van der Waals surface area contributed by atoms with Crippen LogP contribution >= 0.6 is 11.3 Å². The van der Waals surface area contributed by atoms with Crippen LogP contribution in [0.1, 0.15) is 62.6 Å². The number of rotatable bonds is 3. The van der Waals surface area contributed by atoms with Crippen LogP contribution in [-0.4, -0.2) is 50.2 Å². The molecule has 2 aliphatic heterocycles. The molecule has 0 saturated carbocycles. The molecule has 10 heteroatoms. The number of carbonyl (C=O) groups is 2. The van der Waals surface area contributed by atoms with Crippen molar-refractivity contribution in [3.05, 3.63) is 43.3 Å². The van der Waals surface area contributed by atoms with Crippen molar-refractivity contribution in [3.8, 4) is 5.75 Å². The minimum absolute atomic E-state index is 0.0983. The molecule has 2 amide bonds. The van der Waals surface area contributed by atoms with E-state index in [1.54, 1.807) is 11.3 Å². The molecule has 0 radical (unpaired) electrons. The molecule has 5 rings (SSSR count). The van der Waals surface area contributed by atoms with Crippen LogP contribution in [0.4, 0.5) is 0 Å². The Hall–Kier alpha value is -2.72. The van der Waals surface area contributed by atoms with E-state index in [9.17, 15) is 19.5 Å². The Bertz CT molecular complexity index is 1100. The molecule has 1 saturated heterocycles. The maximum Gasteiger partial charge on any atom is 0.276 e. The lowest BCUT2D eigenvalue weighted by atomic mass is 10.1. The molecule has 3 aliphatic rings. The second-order valence-corrected chi connectivity index (χ2v) is 9.46. The van der Waals surface area contributed by atoms with Crippen LogP contribution in [0.25, 0.3) is 0 Å². The van der Waals surface area contributed by atoms with Gasteiger partial charge >= 0.3 is 0 Å². The van der Waals surface area contributed by atoms with Gasteiger partial charge < -0.3 is 24.6 Å². The summed E-state index contributed by atoms with van der Waals surface area (Å²) in [4.78, 5) is 45.7. The first-order chi connectivity index (χ1) is 14.9. The molecule has 9 nitrogen and oxygen atoms in total. The molecule has 1 fully saturated rings. The van der Waals surface area contributed by atoms with Crippen LogP contribution in [0.15, 0.2) is 11.0 Å². The zero-order valence-corrected chi connectivity index (χ0v) is 18.0. The molecule has 1 aliphatic carbocycles. The Balaban J connectivity index is 1.37. The summed E-state index contributed by atoms with van der Waals surface area (Å²) in [5, 5.41) is 14.0. The number of hydrogen-bond donors (Lipinski definition) is 2. The van der Waals surface area contributed by atoms with Gasteiger partial charge in [0.15, 0.2) is 17.7 Å². The van der Waals surface area contributed by atoms with Crippen molar-refractivity contribution < 1.29 is 19.4 Å². The monoisotopic (exact) mass is 444 g/mol. The summed E-state index contributed by atoms with van der Waals surface area (Å²) in [5.41, 5.74) is -0.0316. The van der Waals surface area contributed by atoms with Crippen LogP contribution in [-0.2, 0) is 30.7 Å². The van der Waals surface area contributed by atoms with Crippen LogP contribution in [0, 0.1) is 0 Å². The maximum absolute atomic E-state index is 12.8. The summed E-state index contributed by atoms with van der Waals surface area (Å²) in [7, 11) is 0. The van der Waals surface area contributed by atoms with E-state index in [0.29, 0.717) is 6.61 Å². The molecule has 2 N–H and O–H groups in total. The molecule has 0 aromatic carbocycles. The zero-order chi connectivity index (χ0) is 21.7. The number of pyridine rings is 1. The maximum atomic E-state index is 12.8. The fourth-order valence-corrected chi connectivity index (χ4v) is 5.64. The van der Waals surface area contributed by atoms with Crippen LogP contribution < -0.4 is 10.7 Å². The molecule has 0 spiro atoms. The van der Waals surface area contributed by atoms with E-state index < -0.39 is 29.2 Å². The van der Waals surface area contributed by atoms with E-state index in [-0.39, 0.29) is 30.4 Å². The van der Waals surface area contributed by atoms with Gasteiger partial charge in [-0.2, -0.15) is 0 Å². The van der Waals surface area contributed by atoms with Crippen LogP contribution in [0.3, 0.4) is 0 Å². The third kappa shape index (κ3) is 3.43. The van der Waals surface area contributed by atoms with E-state index in [4.69, 9.17) is 4.74 Å². The number of nitrogens with zero attached hydrogens (tertiary/aromatic N) is 3. The van der Waals surface area contributed by atoms with Gasteiger partial charge in [-0.15, -0.1) is 11.3 Å². The Morgan fingerprint density at radius 2 is 2.13 bits per heavy atom. The summed E-state index contributed by atoms with van der Waals surface area (Å²) in [6, 6.07) is -0.142. The second kappa shape index (κ2) is 7.76. The smallest absolute Gasteiger partial charge is 0.276 e. The van der Waals surface area contributed by atoms with Crippen molar-refractivity contribution >= 4 is 23.2 Å². The minimum Gasteiger partial charge on any atom is -0.503 e. The van der Waals surface area contributed by atoms with Gasteiger partial charge in [0.05, 0.1) is 31.4 Å². The van der Waals surface area contributed by atoms with Gasteiger partial charge in [0.25, 0.3) is 11.8 Å². The summed E-state index contributed by atoms with van der Waals surface area (Å²) in [6.07, 6.45) is 6.36. The van der Waals surface area contributed by atoms with Crippen molar-refractivity contribution in [1.82, 2.24) is 19.8 Å². The molecule has 31 heavy (non-hydrogen) atoms. The number of fused-ring (bicyclic) bond motifs is 3. The van der Waals surface area contributed by atoms with Crippen molar-refractivity contribution in [2.75, 3.05) is 6.61 Å². The molecular formula is C21H24N4O5S. The third-order valence-electron chi connectivity index (χ3n) is 6.15. The van der Waals surface area contributed by atoms with E-state index in [1.807, 2.05) is 6.92 Å². The number of amides is 2. The van der Waals surface area contributed by atoms with Crippen molar-refractivity contribution in [2.45, 2.75) is 64.4 Å². The number of ether oxygens (including phenoxy) is 1. The average Bonchev–Trinajstić information content (AvgIpc) is 3.24. The Morgan fingerprint density at radius 1 is 1.32 bits per heavy atom. The first kappa shape index (κ1) is 20.2. The molecule has 4 heterocycles. The first-order valence-corrected chi connectivity index (χ1v) is 11.4. The number of aromatic hydroxyl groups is 1. The Labute approximate surface area is 182 Å². The lowest BCUT2D eigenvalue weighted by molar-refractivity contribution is 0.00624. The van der Waals surface area contributed by atoms with E-state index in [2.05, 4.69) is 10.3 Å². The molecule has 164 valence electrons. The normalized spacial score (nSPS) is 22.5. The summed E-state index contributed by atoms with van der Waals surface area (Å²) in [6.45, 7) is 2.71. The topological polar surface area (TPSA) is 114 Å². The molecule has 2 aromatic rings. The standard InChI is InChI=1S/C21H24N4O5S/c1-11-10-30-16-9-24-8-12(18(26)19(27)17(24)21(29)25(11)16)20(28)22-7-15-23-13-5-3-2-4-6-14(13)31-15/h8,11,16,27H,2-7,9-10H2,1H3,(H,22,28)/t11-,16+/m0/s1. The van der Waals surface area contributed by atoms with Gasteiger partial charge in [0, 0.05) is 11.1 Å². The Morgan fingerprint density at radius 3 is 2.97 bits per heavy atom. The number of nitrogens with one attached hydrogen (secondary N) is 1. The van der Waals surface area contributed by atoms with Gasteiger partial charge in [0.1, 0.15) is 10.6 Å². The number of aryl methyl sites for hydroxylation is 2. The average molecular weight is 445 g/mol. The number of hydrogen-bond acceptors (Lipinski definition) is 7. The zero-order valence-electron chi connectivity index (χ0n) is 17.2. The van der Waals surface area contributed by atoms with Crippen molar-refractivity contribution in [1.29, 1.82) is 0 Å². The first-order valence-electron chi connectivity index (χ1n) is 10.6. The molecule has 0 unspecified atom stereocenters. The largest absolute Gasteiger partial charge is 0.503 e. The van der Waals surface area contributed by atoms with Crippen molar-refractivity contribution in [3.63, 3.8) is 0 Å². The van der Waals surface area contributed by atoms with Crippen LogP contribution in [0.5, 0.6) is 5.75 Å². The predicted octanol–water partition coefficient (Wildman–Crippen LogP) is 1.41. The number of thiazole rings is 1. The highest BCUT2D eigenvalue weighted by atomic mass is 32.1. The van der Waals surface area contributed by atoms with Crippen molar-refractivity contribution in [2.24, 2.45) is 0 Å². The predicted molar refractivity (Wildman–Crippen MR) is 112 cm³/mol. The number of aromatic nitrogens is 2. The Kier molecular flexibility index (Phi) is 5.05.